The number of thiazole rings is 1. The van der Waals surface area contributed by atoms with Crippen LogP contribution in [0.4, 0.5) is 0 Å². The fourth-order valence-electron chi connectivity index (χ4n) is 1.06. The van der Waals surface area contributed by atoms with Crippen LogP contribution in [0.25, 0.3) is 0 Å². The molecule has 3 nitrogen and oxygen atoms in total. The standard InChI is InChI=1S/C9H8ClN3S2/c1-6-4-7(10)13-8(12-6)5-15-9-11-2-3-14-9/h2-4H,5H2,1H3. The van der Waals surface area contributed by atoms with E-state index in [0.717, 1.165) is 15.9 Å². The zero-order valence-electron chi connectivity index (χ0n) is 7.98. The average molecular weight is 258 g/mol. The maximum absolute atomic E-state index is 5.84. The van der Waals surface area contributed by atoms with Crippen LogP contribution >= 0.6 is 34.7 Å². The Balaban J connectivity index is 2.05. The van der Waals surface area contributed by atoms with Crippen LogP contribution in [0, 0.1) is 6.92 Å². The first kappa shape index (κ1) is 10.9. The van der Waals surface area contributed by atoms with Crippen molar-refractivity contribution < 1.29 is 0 Å². The quantitative estimate of drug-likeness (QED) is 0.625. The molecule has 2 aromatic rings. The van der Waals surface area contributed by atoms with Crippen LogP contribution < -0.4 is 0 Å². The van der Waals surface area contributed by atoms with Crippen LogP contribution in [-0.4, -0.2) is 15.0 Å². The van der Waals surface area contributed by atoms with E-state index in [1.807, 2.05) is 12.3 Å². The van der Waals surface area contributed by atoms with Gasteiger partial charge in [-0.25, -0.2) is 15.0 Å². The molecule has 0 bridgehead atoms. The van der Waals surface area contributed by atoms with Gasteiger partial charge in [-0.3, -0.25) is 0 Å². The largest absolute Gasteiger partial charge is 0.238 e. The molecule has 0 aliphatic heterocycles. The lowest BCUT2D eigenvalue weighted by molar-refractivity contribution is 0.995. The molecule has 2 heterocycles. The van der Waals surface area contributed by atoms with Gasteiger partial charge in [-0.2, -0.15) is 0 Å². The molecule has 0 aromatic carbocycles. The lowest BCUT2D eigenvalue weighted by Gasteiger charge is -2.00. The Morgan fingerprint density at radius 3 is 3.00 bits per heavy atom. The van der Waals surface area contributed by atoms with Crippen molar-refractivity contribution in [3.8, 4) is 0 Å². The molecule has 6 heteroatoms. The van der Waals surface area contributed by atoms with Gasteiger partial charge >= 0.3 is 0 Å². The van der Waals surface area contributed by atoms with Gasteiger partial charge in [-0.15, -0.1) is 11.3 Å². The highest BCUT2D eigenvalue weighted by molar-refractivity contribution is 8.00. The van der Waals surface area contributed by atoms with Gasteiger partial charge in [0.25, 0.3) is 0 Å². The summed E-state index contributed by atoms with van der Waals surface area (Å²) in [7, 11) is 0. The summed E-state index contributed by atoms with van der Waals surface area (Å²) in [5, 5.41) is 2.45. The summed E-state index contributed by atoms with van der Waals surface area (Å²) in [4.78, 5) is 12.6. The Morgan fingerprint density at radius 1 is 1.47 bits per heavy atom. The minimum atomic E-state index is 0.497. The van der Waals surface area contributed by atoms with Crippen LogP contribution in [0.5, 0.6) is 0 Å². The molecule has 0 N–H and O–H groups in total. The van der Waals surface area contributed by atoms with Crippen molar-refractivity contribution in [1.29, 1.82) is 0 Å². The molecular weight excluding hydrogens is 250 g/mol. The third kappa shape index (κ3) is 3.15. The third-order valence-corrected chi connectivity index (χ3v) is 3.76. The lowest BCUT2D eigenvalue weighted by atomic mass is 10.4. The molecule has 0 saturated carbocycles. The molecule has 0 unspecified atom stereocenters. The van der Waals surface area contributed by atoms with E-state index in [-0.39, 0.29) is 0 Å². The number of aromatic nitrogens is 3. The first-order valence-corrected chi connectivity index (χ1v) is 6.51. The number of halogens is 1. The van der Waals surface area contributed by atoms with E-state index in [1.54, 1.807) is 35.4 Å². The summed E-state index contributed by atoms with van der Waals surface area (Å²) >= 11 is 9.07. The Kier molecular flexibility index (Phi) is 3.56. The first-order valence-electron chi connectivity index (χ1n) is 4.26. The molecule has 0 saturated heterocycles. The molecule has 0 amide bonds. The molecule has 0 fully saturated rings. The number of aryl methyl sites for hydroxylation is 1. The maximum Gasteiger partial charge on any atom is 0.150 e. The van der Waals surface area contributed by atoms with Crippen LogP contribution in [0.1, 0.15) is 11.5 Å². The summed E-state index contributed by atoms with van der Waals surface area (Å²) < 4.78 is 1.02. The van der Waals surface area contributed by atoms with E-state index in [2.05, 4.69) is 15.0 Å². The van der Waals surface area contributed by atoms with Crippen molar-refractivity contribution in [2.75, 3.05) is 0 Å². The summed E-state index contributed by atoms with van der Waals surface area (Å²) in [6.45, 7) is 1.91. The smallest absolute Gasteiger partial charge is 0.150 e. The molecular formula is C9H8ClN3S2. The average Bonchev–Trinajstić information content (AvgIpc) is 2.65. The molecule has 0 spiro atoms. The van der Waals surface area contributed by atoms with Crippen LogP contribution in [-0.2, 0) is 5.75 Å². The Morgan fingerprint density at radius 2 is 2.33 bits per heavy atom. The lowest BCUT2D eigenvalue weighted by Crippen LogP contribution is -1.94. The minimum absolute atomic E-state index is 0.497. The van der Waals surface area contributed by atoms with Crippen molar-refractivity contribution in [2.24, 2.45) is 0 Å². The number of nitrogens with zero attached hydrogens (tertiary/aromatic N) is 3. The van der Waals surface area contributed by atoms with Gasteiger partial charge in [0.2, 0.25) is 0 Å². The van der Waals surface area contributed by atoms with E-state index in [4.69, 9.17) is 11.6 Å². The molecule has 0 aliphatic carbocycles. The summed E-state index contributed by atoms with van der Waals surface area (Å²) in [6, 6.07) is 1.75. The zero-order chi connectivity index (χ0) is 10.7. The van der Waals surface area contributed by atoms with Gasteiger partial charge in [-0.1, -0.05) is 23.4 Å². The number of hydrogen-bond acceptors (Lipinski definition) is 5. The molecule has 0 aliphatic rings. The highest BCUT2D eigenvalue weighted by Crippen LogP contribution is 2.23. The van der Waals surface area contributed by atoms with Gasteiger partial charge < -0.3 is 0 Å². The highest BCUT2D eigenvalue weighted by atomic mass is 35.5. The van der Waals surface area contributed by atoms with Crippen molar-refractivity contribution in [3.05, 3.63) is 34.3 Å². The van der Waals surface area contributed by atoms with Gasteiger partial charge in [0.05, 0.1) is 5.75 Å². The predicted molar refractivity (Wildman–Crippen MR) is 63.5 cm³/mol. The van der Waals surface area contributed by atoms with Gasteiger partial charge in [0.1, 0.15) is 15.3 Å². The Hall–Kier alpha value is -0.650. The third-order valence-electron chi connectivity index (χ3n) is 1.60. The number of thioether (sulfide) groups is 1. The molecule has 78 valence electrons. The summed E-state index contributed by atoms with van der Waals surface area (Å²) in [5.74, 6) is 1.45. The highest BCUT2D eigenvalue weighted by Gasteiger charge is 2.03. The van der Waals surface area contributed by atoms with Crippen LogP contribution in [0.15, 0.2) is 22.0 Å². The fourth-order valence-corrected chi connectivity index (χ4v) is 2.81. The van der Waals surface area contributed by atoms with E-state index >= 15 is 0 Å². The SMILES string of the molecule is Cc1cc(Cl)nc(CSc2nccs2)n1. The normalized spacial score (nSPS) is 10.5. The minimum Gasteiger partial charge on any atom is -0.238 e. The van der Waals surface area contributed by atoms with Crippen LogP contribution in [0.3, 0.4) is 0 Å². The molecule has 2 aromatic heterocycles. The monoisotopic (exact) mass is 257 g/mol. The van der Waals surface area contributed by atoms with E-state index in [0.29, 0.717) is 10.9 Å². The maximum atomic E-state index is 5.84. The second kappa shape index (κ2) is 4.92. The van der Waals surface area contributed by atoms with Gasteiger partial charge in [-0.05, 0) is 13.0 Å². The van der Waals surface area contributed by atoms with Crippen molar-refractivity contribution in [3.63, 3.8) is 0 Å². The Labute approximate surface area is 101 Å². The molecule has 15 heavy (non-hydrogen) atoms. The number of hydrogen-bond donors (Lipinski definition) is 0. The fraction of sp³-hybridized carbons (Fsp3) is 0.222. The van der Waals surface area contributed by atoms with Crippen molar-refractivity contribution >= 4 is 34.7 Å². The second-order valence-electron chi connectivity index (χ2n) is 2.83. The predicted octanol–water partition coefficient (Wildman–Crippen LogP) is 3.19. The second-order valence-corrected chi connectivity index (χ2v) is 5.34. The van der Waals surface area contributed by atoms with E-state index < -0.39 is 0 Å². The molecule has 0 radical (unpaired) electrons. The van der Waals surface area contributed by atoms with Gasteiger partial charge in [0.15, 0.2) is 0 Å². The van der Waals surface area contributed by atoms with E-state index in [1.165, 1.54) is 0 Å². The van der Waals surface area contributed by atoms with Crippen molar-refractivity contribution in [1.82, 2.24) is 15.0 Å². The molecule has 2 rings (SSSR count). The van der Waals surface area contributed by atoms with Crippen molar-refractivity contribution in [2.45, 2.75) is 17.0 Å². The zero-order valence-corrected chi connectivity index (χ0v) is 10.4. The summed E-state index contributed by atoms with van der Waals surface area (Å²) in [5.41, 5.74) is 0.893. The topological polar surface area (TPSA) is 38.7 Å². The first-order chi connectivity index (χ1) is 7.24. The Bertz CT molecular complexity index is 424. The number of rotatable bonds is 3. The van der Waals surface area contributed by atoms with Crippen LogP contribution in [0.2, 0.25) is 5.15 Å². The molecule has 0 atom stereocenters. The van der Waals surface area contributed by atoms with E-state index in [9.17, 15) is 0 Å². The summed E-state index contributed by atoms with van der Waals surface area (Å²) in [6.07, 6.45) is 1.79. The van der Waals surface area contributed by atoms with Gasteiger partial charge in [0, 0.05) is 17.3 Å².